The van der Waals surface area contributed by atoms with Crippen LogP contribution in [0.25, 0.3) is 0 Å². The fourth-order valence-corrected chi connectivity index (χ4v) is 3.61. The highest BCUT2D eigenvalue weighted by Gasteiger charge is 2.35. The quantitative estimate of drug-likeness (QED) is 0.351. The fourth-order valence-electron chi connectivity index (χ4n) is 3.61. The molecule has 4 N–H and O–H groups in total. The normalized spacial score (nSPS) is 17.5. The lowest BCUT2D eigenvalue weighted by atomic mass is 10.0. The standard InChI is InChI=1S/C24H35N5O5/c1-14(2)21(28-19(30)10-11-29-20(31)12-15(3)24(29)34)23(33)26-16(4)22(32)27-18-8-6-17(7-9-18)13-25-5/h6-9,14-16,21,25H,10-13H2,1-5H3,(H,26,33)(H,27,32)(H,28,30)/t15?,16-,21-/m0/s1. The van der Waals surface area contributed by atoms with Gasteiger partial charge in [-0.15, -0.1) is 0 Å². The summed E-state index contributed by atoms with van der Waals surface area (Å²) in [7, 11) is 1.85. The number of hydrogen-bond donors (Lipinski definition) is 4. The predicted octanol–water partition coefficient (Wildman–Crippen LogP) is 0.775. The number of nitrogens with one attached hydrogen (secondary N) is 4. The number of carbonyl (C=O) groups excluding carboxylic acids is 5. The van der Waals surface area contributed by atoms with E-state index in [1.165, 1.54) is 0 Å². The Labute approximate surface area is 200 Å². The number of hydrogen-bond acceptors (Lipinski definition) is 6. The molecule has 5 amide bonds. The lowest BCUT2D eigenvalue weighted by Crippen LogP contribution is -2.54. The maximum absolute atomic E-state index is 12.8. The third kappa shape index (κ3) is 7.38. The third-order valence-corrected chi connectivity index (χ3v) is 5.65. The minimum atomic E-state index is -0.868. The summed E-state index contributed by atoms with van der Waals surface area (Å²) in [6.45, 7) is 7.48. The Hall–Kier alpha value is -3.27. The van der Waals surface area contributed by atoms with Crippen LogP contribution in [0.3, 0.4) is 0 Å². The summed E-state index contributed by atoms with van der Waals surface area (Å²) in [6, 6.07) is 5.66. The fraction of sp³-hybridized carbons (Fsp3) is 0.542. The molecule has 1 aliphatic heterocycles. The Morgan fingerprint density at radius 2 is 1.68 bits per heavy atom. The summed E-state index contributed by atoms with van der Waals surface area (Å²) >= 11 is 0. The highest BCUT2D eigenvalue weighted by atomic mass is 16.2. The molecular weight excluding hydrogens is 438 g/mol. The van der Waals surface area contributed by atoms with Crippen LogP contribution < -0.4 is 21.3 Å². The smallest absolute Gasteiger partial charge is 0.246 e. The first kappa shape index (κ1) is 27.0. The molecule has 0 aliphatic carbocycles. The molecule has 1 unspecified atom stereocenters. The van der Waals surface area contributed by atoms with Gasteiger partial charge in [0.2, 0.25) is 29.5 Å². The highest BCUT2D eigenvalue weighted by molar-refractivity contribution is 6.03. The first-order valence-electron chi connectivity index (χ1n) is 11.5. The summed E-state index contributed by atoms with van der Waals surface area (Å²) in [6.07, 6.45) is 0.0534. The molecule has 1 fully saturated rings. The van der Waals surface area contributed by atoms with E-state index < -0.39 is 23.9 Å². The number of rotatable bonds is 11. The van der Waals surface area contributed by atoms with Crippen molar-refractivity contribution in [1.29, 1.82) is 0 Å². The summed E-state index contributed by atoms with van der Waals surface area (Å²) in [5.41, 5.74) is 1.69. The minimum absolute atomic E-state index is 0.0216. The van der Waals surface area contributed by atoms with Gasteiger partial charge >= 0.3 is 0 Å². The molecule has 1 saturated heterocycles. The van der Waals surface area contributed by atoms with Crippen molar-refractivity contribution in [3.63, 3.8) is 0 Å². The van der Waals surface area contributed by atoms with Crippen molar-refractivity contribution >= 4 is 35.2 Å². The molecule has 0 saturated carbocycles. The van der Waals surface area contributed by atoms with Crippen LogP contribution >= 0.6 is 0 Å². The number of likely N-dealkylation sites (tertiary alicyclic amines) is 1. The van der Waals surface area contributed by atoms with E-state index in [0.717, 1.165) is 10.5 Å². The zero-order chi connectivity index (χ0) is 25.4. The molecule has 34 heavy (non-hydrogen) atoms. The molecule has 1 aromatic carbocycles. The van der Waals surface area contributed by atoms with Crippen LogP contribution in [-0.4, -0.2) is 60.1 Å². The van der Waals surface area contributed by atoms with Crippen molar-refractivity contribution in [3.05, 3.63) is 29.8 Å². The molecule has 0 aromatic heterocycles. The number of imide groups is 1. The van der Waals surface area contributed by atoms with Gasteiger partial charge in [0.05, 0.1) is 0 Å². The van der Waals surface area contributed by atoms with Gasteiger partial charge in [-0.25, -0.2) is 0 Å². The third-order valence-electron chi connectivity index (χ3n) is 5.65. The Kier molecular flexibility index (Phi) is 9.73. The van der Waals surface area contributed by atoms with Crippen molar-refractivity contribution in [1.82, 2.24) is 20.9 Å². The van der Waals surface area contributed by atoms with Gasteiger partial charge in [0.15, 0.2) is 0 Å². The van der Waals surface area contributed by atoms with Gasteiger partial charge in [0, 0.05) is 37.5 Å². The van der Waals surface area contributed by atoms with E-state index in [1.807, 2.05) is 19.2 Å². The molecule has 186 valence electrons. The Morgan fingerprint density at radius 3 is 2.21 bits per heavy atom. The van der Waals surface area contributed by atoms with Crippen LogP contribution in [0.5, 0.6) is 0 Å². The lowest BCUT2D eigenvalue weighted by molar-refractivity contribution is -0.140. The van der Waals surface area contributed by atoms with E-state index >= 15 is 0 Å². The van der Waals surface area contributed by atoms with Gasteiger partial charge in [0.1, 0.15) is 12.1 Å². The van der Waals surface area contributed by atoms with Crippen LogP contribution in [0.2, 0.25) is 0 Å². The Balaban J connectivity index is 1.87. The minimum Gasteiger partial charge on any atom is -0.344 e. The first-order valence-corrected chi connectivity index (χ1v) is 11.5. The van der Waals surface area contributed by atoms with Gasteiger partial charge in [-0.3, -0.25) is 28.9 Å². The van der Waals surface area contributed by atoms with Crippen molar-refractivity contribution < 1.29 is 24.0 Å². The van der Waals surface area contributed by atoms with Crippen LogP contribution in [0.4, 0.5) is 5.69 Å². The number of benzene rings is 1. The second-order valence-electron chi connectivity index (χ2n) is 8.97. The molecule has 1 aromatic rings. The number of amides is 5. The van der Waals surface area contributed by atoms with Crippen molar-refractivity contribution in [2.75, 3.05) is 18.9 Å². The van der Waals surface area contributed by atoms with Crippen molar-refractivity contribution in [3.8, 4) is 0 Å². The molecule has 1 heterocycles. The van der Waals surface area contributed by atoms with Gasteiger partial charge in [-0.05, 0) is 37.6 Å². The van der Waals surface area contributed by atoms with E-state index in [9.17, 15) is 24.0 Å². The van der Waals surface area contributed by atoms with Crippen LogP contribution in [0.1, 0.15) is 46.1 Å². The zero-order valence-corrected chi connectivity index (χ0v) is 20.4. The topological polar surface area (TPSA) is 137 Å². The molecule has 1 aliphatic rings. The molecule has 2 rings (SSSR count). The SMILES string of the molecule is CNCc1ccc(NC(=O)[C@H](C)NC(=O)[C@@H](NC(=O)CCN2C(=O)CC(C)C2=O)C(C)C)cc1. The average molecular weight is 474 g/mol. The molecule has 0 radical (unpaired) electrons. The molecular formula is C24H35N5O5. The van der Waals surface area contributed by atoms with E-state index in [2.05, 4.69) is 21.3 Å². The largest absolute Gasteiger partial charge is 0.344 e. The number of anilines is 1. The number of nitrogens with zero attached hydrogens (tertiary/aromatic N) is 1. The van der Waals surface area contributed by atoms with Crippen molar-refractivity contribution in [2.45, 2.75) is 59.2 Å². The molecule has 3 atom stereocenters. The summed E-state index contributed by atoms with van der Waals surface area (Å²) in [4.78, 5) is 62.7. The predicted molar refractivity (Wildman–Crippen MR) is 127 cm³/mol. The van der Waals surface area contributed by atoms with E-state index in [4.69, 9.17) is 0 Å². The van der Waals surface area contributed by atoms with E-state index in [-0.39, 0.29) is 48.9 Å². The van der Waals surface area contributed by atoms with E-state index in [0.29, 0.717) is 12.2 Å². The van der Waals surface area contributed by atoms with Gasteiger partial charge in [0.25, 0.3) is 0 Å². The van der Waals surface area contributed by atoms with Crippen LogP contribution in [0.15, 0.2) is 24.3 Å². The van der Waals surface area contributed by atoms with E-state index in [1.54, 1.807) is 39.8 Å². The maximum atomic E-state index is 12.8. The Morgan fingerprint density at radius 1 is 1.03 bits per heavy atom. The molecule has 0 bridgehead atoms. The second-order valence-corrected chi connectivity index (χ2v) is 8.97. The summed E-state index contributed by atoms with van der Waals surface area (Å²) in [5, 5.41) is 11.1. The van der Waals surface area contributed by atoms with Gasteiger partial charge in [-0.2, -0.15) is 0 Å². The summed E-state index contributed by atoms with van der Waals surface area (Å²) < 4.78 is 0. The van der Waals surface area contributed by atoms with Gasteiger partial charge < -0.3 is 21.3 Å². The monoisotopic (exact) mass is 473 g/mol. The maximum Gasteiger partial charge on any atom is 0.246 e. The first-order chi connectivity index (χ1) is 16.0. The van der Waals surface area contributed by atoms with Crippen molar-refractivity contribution in [2.24, 2.45) is 11.8 Å². The summed E-state index contributed by atoms with van der Waals surface area (Å²) in [5.74, 6) is -2.51. The molecule has 0 spiro atoms. The second kappa shape index (κ2) is 12.3. The lowest BCUT2D eigenvalue weighted by Gasteiger charge is -2.24. The highest BCUT2D eigenvalue weighted by Crippen LogP contribution is 2.18. The van der Waals surface area contributed by atoms with Crippen LogP contribution in [-0.2, 0) is 30.5 Å². The molecule has 10 heteroatoms. The molecule has 10 nitrogen and oxygen atoms in total. The average Bonchev–Trinajstić information content (AvgIpc) is 3.02. The zero-order valence-electron chi connectivity index (χ0n) is 20.4. The number of carbonyl (C=O) groups is 5. The Bertz CT molecular complexity index is 915. The van der Waals surface area contributed by atoms with Gasteiger partial charge in [-0.1, -0.05) is 32.9 Å². The van der Waals surface area contributed by atoms with Crippen LogP contribution in [0, 0.1) is 11.8 Å².